The first-order chi connectivity index (χ1) is 62.7. The van der Waals surface area contributed by atoms with E-state index in [0.29, 0.717) is 101 Å². The standard InChI is InChI=1S/C89H152N22O15.C2HF3O2/c1-14-56(12)75(87(124)98-50-72(112)99-57(13)77(114)109-73(54(8)9)89(126)108-69(46-53(6)7)83(120)103-65(37-23-28-42-93)81(118)110-74(55(10)11)88(125)104-67(76(96)113)44-51(2)3)111-82(119)66(38-24-29-43-94)100-79(116)63(35-21-26-40-91)101-85(122)70(47-58-30-16-15-17-31-58)107-84(121)68(45-52(4)5)106-80(117)64(36-22-27-41-92)102-86(123)71(105-78(115)61(95)33-20-25-39-90)48-59-49-97-62-34-19-18-32-60(59)62;3-2(4,5)1(6)7/h15-19,30-32,34,49,51-57,61,63-71,73-75,97H,14,20-29,33,35-48,50,90-95H2,1-13H3,(H2,96,113)(H,98,124)(H,99,112)(H,100,116)(H,101,122)(H,102,123)(H,103,120)(H,104,125)(H,105,115)(H,106,117)(H,107,121)(H,108,126)(H,109,114)(H,110,118)(H,111,119);(H,6,7)/t56-,57-,61-,63-,64-,65-,66-,67-,68-,69-,70-,71-,73-,74-,75-;/m0./s1. The molecule has 133 heavy (non-hydrogen) atoms. The number of rotatable bonds is 63. The third-order valence-corrected chi connectivity index (χ3v) is 22.0. The van der Waals surface area contributed by atoms with Crippen LogP contribution in [0.25, 0.3) is 10.9 Å². The fourth-order valence-corrected chi connectivity index (χ4v) is 14.2. The Labute approximate surface area is 778 Å². The van der Waals surface area contributed by atoms with Gasteiger partial charge < -0.3 is 125 Å². The van der Waals surface area contributed by atoms with Crippen molar-refractivity contribution in [3.8, 4) is 0 Å². The molecule has 750 valence electrons. The van der Waals surface area contributed by atoms with Crippen LogP contribution >= 0.6 is 0 Å². The van der Waals surface area contributed by atoms with Crippen LogP contribution in [0.3, 0.4) is 0 Å². The predicted molar refractivity (Wildman–Crippen MR) is 499 cm³/mol. The first-order valence-electron chi connectivity index (χ1n) is 46.3. The minimum Gasteiger partial charge on any atom is -0.475 e. The molecule has 0 bridgehead atoms. The van der Waals surface area contributed by atoms with Crippen LogP contribution in [0.4, 0.5) is 13.2 Å². The van der Waals surface area contributed by atoms with Gasteiger partial charge >= 0.3 is 12.1 Å². The van der Waals surface area contributed by atoms with E-state index in [2.05, 4.69) is 79.4 Å². The number of carbonyl (C=O) groups is 16. The molecule has 2 aromatic carbocycles. The Balaban J connectivity index is 0.00000819. The van der Waals surface area contributed by atoms with Crippen LogP contribution in [0.1, 0.15) is 223 Å². The number of carbonyl (C=O) groups excluding carboxylic acids is 15. The molecule has 15 atom stereocenters. The molecule has 3 rings (SSSR count). The normalized spacial score (nSPS) is 14.9. The second kappa shape index (κ2) is 62.5. The largest absolute Gasteiger partial charge is 0.490 e. The molecule has 0 saturated carbocycles. The monoisotopic (exact) mass is 1880 g/mol. The Bertz CT molecular complexity index is 4160. The molecule has 0 unspecified atom stereocenters. The summed E-state index contributed by atoms with van der Waals surface area (Å²) >= 11 is 0. The average molecular weight is 1880 g/mol. The van der Waals surface area contributed by atoms with E-state index in [1.807, 2.05) is 65.8 Å². The van der Waals surface area contributed by atoms with Crippen LogP contribution in [0.5, 0.6) is 0 Å². The minimum atomic E-state index is -5.08. The van der Waals surface area contributed by atoms with Crippen LogP contribution in [0, 0.1) is 35.5 Å². The number of aromatic amines is 1. The Morgan fingerprint density at radius 3 is 1.11 bits per heavy atom. The SMILES string of the molecule is CC[C@H](C)[C@H](NC(=O)[C@H](CCCCN)NC(=O)[C@H](CCCCN)NC(=O)[C@H](Cc1ccccc1)NC(=O)[C@H](CC(C)C)NC(=O)[C@H](CCCCN)NC(=O)[C@H](Cc1c[nH]c2ccccc12)NC(=O)[C@@H](N)CCCCN)C(=O)NCC(=O)N[C@@H](C)C(=O)N[C@H](C(=O)N[C@@H](CC(C)C)C(=O)N[C@@H](CCCCN)C(=O)N[C@H](C(=O)N[C@@H](CC(C)C)C(N)=O)C(C)C)C(C)C.O=C(O)C(F)(F)F. The van der Waals surface area contributed by atoms with Crippen LogP contribution in [-0.2, 0) is 89.6 Å². The molecule has 42 heteroatoms. The molecular formula is C91H153F3N22O17. The maximum Gasteiger partial charge on any atom is 0.490 e. The number of benzene rings is 2. The number of nitrogens with one attached hydrogen (secondary N) is 15. The highest BCUT2D eigenvalue weighted by atomic mass is 19.4. The van der Waals surface area contributed by atoms with Crippen LogP contribution < -0.4 is 115 Å². The number of carboxylic acids is 1. The van der Waals surface area contributed by atoms with Gasteiger partial charge in [-0.25, -0.2) is 4.79 Å². The number of unbranched alkanes of at least 4 members (excludes halogenated alkanes) is 5. The molecule has 0 aliphatic carbocycles. The van der Waals surface area contributed by atoms with E-state index >= 15 is 4.79 Å². The minimum absolute atomic E-state index is 0.00507. The summed E-state index contributed by atoms with van der Waals surface area (Å²) in [6.45, 7) is 23.3. The molecule has 30 N–H and O–H groups in total. The summed E-state index contributed by atoms with van der Waals surface area (Å²) in [6, 6.07) is -1.01. The topological polar surface area (TPSA) is 660 Å². The number of hydrogen-bond donors (Lipinski definition) is 23. The molecule has 1 aromatic heterocycles. The number of alkyl halides is 3. The second-order valence-electron chi connectivity index (χ2n) is 35.8. The number of nitrogens with two attached hydrogens (primary N) is 7. The number of fused-ring (bicyclic) bond motifs is 1. The maximum atomic E-state index is 15.0. The van der Waals surface area contributed by atoms with Crippen molar-refractivity contribution in [1.29, 1.82) is 0 Å². The van der Waals surface area contributed by atoms with Crippen molar-refractivity contribution in [1.82, 2.24) is 79.4 Å². The number of hydrogen-bond acceptors (Lipinski definition) is 22. The average Bonchev–Trinajstić information content (AvgIpc) is 1.68. The van der Waals surface area contributed by atoms with Crippen LogP contribution in [0.15, 0.2) is 60.8 Å². The van der Waals surface area contributed by atoms with E-state index in [0.717, 1.165) is 10.9 Å². The highest BCUT2D eigenvalue weighted by Crippen LogP contribution is 2.22. The molecule has 0 radical (unpaired) electrons. The number of aliphatic carboxylic acids is 1. The summed E-state index contributed by atoms with van der Waals surface area (Å²) in [4.78, 5) is 225. The molecule has 0 aliphatic rings. The van der Waals surface area contributed by atoms with E-state index in [1.165, 1.54) is 6.92 Å². The van der Waals surface area contributed by atoms with Gasteiger partial charge in [0, 0.05) is 29.9 Å². The Hall–Kier alpha value is -10.9. The summed E-state index contributed by atoms with van der Waals surface area (Å²) in [5.74, 6) is -15.9. The van der Waals surface area contributed by atoms with E-state index < -0.39 is 210 Å². The number of aromatic nitrogens is 1. The first-order valence-corrected chi connectivity index (χ1v) is 46.3. The lowest BCUT2D eigenvalue weighted by Gasteiger charge is -2.29. The number of amides is 15. The number of para-hydroxylation sites is 1. The van der Waals surface area contributed by atoms with E-state index in [1.54, 1.807) is 78.1 Å². The van der Waals surface area contributed by atoms with E-state index in [-0.39, 0.29) is 95.2 Å². The van der Waals surface area contributed by atoms with Crippen molar-refractivity contribution >= 4 is 105 Å². The summed E-state index contributed by atoms with van der Waals surface area (Å²) in [5, 5.41) is 46.4. The first kappa shape index (κ1) is 118. The highest BCUT2D eigenvalue weighted by Gasteiger charge is 2.41. The van der Waals surface area contributed by atoms with Crippen molar-refractivity contribution < 1.29 is 95.0 Å². The highest BCUT2D eigenvalue weighted by molar-refractivity contribution is 6.01. The molecule has 0 fully saturated rings. The molecular weight excluding hydrogens is 1730 g/mol. The van der Waals surface area contributed by atoms with Crippen LogP contribution in [0.2, 0.25) is 0 Å². The Morgan fingerprint density at radius 2 is 0.707 bits per heavy atom. The van der Waals surface area contributed by atoms with Gasteiger partial charge in [-0.15, -0.1) is 0 Å². The Morgan fingerprint density at radius 1 is 0.376 bits per heavy atom. The lowest BCUT2D eigenvalue weighted by molar-refractivity contribution is -0.192. The quantitative estimate of drug-likeness (QED) is 0.0350. The third kappa shape index (κ3) is 45.1. The lowest BCUT2D eigenvalue weighted by atomic mass is 9.97. The third-order valence-electron chi connectivity index (χ3n) is 22.0. The Kier molecular flexibility index (Phi) is 55.5. The molecule has 39 nitrogen and oxygen atoms in total. The predicted octanol–water partition coefficient (Wildman–Crippen LogP) is 0.979. The fourth-order valence-electron chi connectivity index (χ4n) is 14.2. The molecule has 0 spiro atoms. The van der Waals surface area contributed by atoms with Gasteiger partial charge in [-0.1, -0.05) is 144 Å². The number of carboxylic acid groups (broad SMARTS) is 1. The lowest BCUT2D eigenvalue weighted by Crippen LogP contribution is -2.61. The molecule has 15 amide bonds. The number of H-pyrrole nitrogens is 1. The summed E-state index contributed by atoms with van der Waals surface area (Å²) < 4.78 is 31.7. The van der Waals surface area contributed by atoms with Gasteiger partial charge in [-0.05, 0) is 202 Å². The number of primary amides is 1. The van der Waals surface area contributed by atoms with E-state index in [4.69, 9.17) is 50.0 Å². The van der Waals surface area contributed by atoms with Gasteiger partial charge in [0.25, 0.3) is 0 Å². The van der Waals surface area contributed by atoms with Crippen LogP contribution in [-0.4, -0.2) is 235 Å². The zero-order chi connectivity index (χ0) is 100. The summed E-state index contributed by atoms with van der Waals surface area (Å²) in [7, 11) is 0. The summed E-state index contributed by atoms with van der Waals surface area (Å²) in [5.41, 5.74) is 43.3. The van der Waals surface area contributed by atoms with Gasteiger partial charge in [0.05, 0.1) is 12.6 Å². The van der Waals surface area contributed by atoms with Crippen molar-refractivity contribution in [2.45, 2.75) is 316 Å². The van der Waals surface area contributed by atoms with Gasteiger partial charge in [-0.3, -0.25) is 71.9 Å². The second-order valence-corrected chi connectivity index (χ2v) is 35.8. The summed E-state index contributed by atoms with van der Waals surface area (Å²) in [6.07, 6.45) is 2.34. The van der Waals surface area contributed by atoms with Gasteiger partial charge in [-0.2, -0.15) is 13.2 Å². The zero-order valence-corrected chi connectivity index (χ0v) is 79.6. The van der Waals surface area contributed by atoms with Crippen molar-refractivity contribution in [3.63, 3.8) is 0 Å². The van der Waals surface area contributed by atoms with Crippen molar-refractivity contribution in [2.75, 3.05) is 39.3 Å². The van der Waals surface area contributed by atoms with Gasteiger partial charge in [0.15, 0.2) is 0 Å². The van der Waals surface area contributed by atoms with Gasteiger partial charge in [0.2, 0.25) is 88.6 Å². The van der Waals surface area contributed by atoms with E-state index in [9.17, 15) is 80.3 Å². The molecule has 0 saturated heterocycles. The van der Waals surface area contributed by atoms with Crippen molar-refractivity contribution in [3.05, 3.63) is 71.9 Å². The fraction of sp³-hybridized carbons (Fsp3) is 0.670. The molecule has 0 aliphatic heterocycles. The number of halogens is 3. The molecule has 1 heterocycles. The van der Waals surface area contributed by atoms with Crippen molar-refractivity contribution in [2.24, 2.45) is 75.6 Å². The zero-order valence-electron chi connectivity index (χ0n) is 79.6. The maximum absolute atomic E-state index is 15.0. The molecule has 3 aromatic rings. The smallest absolute Gasteiger partial charge is 0.475 e. The van der Waals surface area contributed by atoms with Gasteiger partial charge in [0.1, 0.15) is 78.5 Å².